The van der Waals surface area contributed by atoms with Crippen molar-refractivity contribution in [3.05, 3.63) is 90.2 Å². The van der Waals surface area contributed by atoms with E-state index >= 15 is 0 Å². The predicted molar refractivity (Wildman–Crippen MR) is 106 cm³/mol. The lowest BCUT2D eigenvalue weighted by Gasteiger charge is -2.10. The van der Waals surface area contributed by atoms with E-state index in [1.54, 1.807) is 42.5 Å². The van der Waals surface area contributed by atoms with Crippen molar-refractivity contribution >= 4 is 23.0 Å². The number of nitriles is 1. The minimum absolute atomic E-state index is 0.404. The van der Waals surface area contributed by atoms with Gasteiger partial charge in [-0.1, -0.05) is 43.0 Å². The number of para-hydroxylation sites is 1. The van der Waals surface area contributed by atoms with E-state index in [0.717, 1.165) is 11.1 Å². The van der Waals surface area contributed by atoms with E-state index in [9.17, 15) is 4.79 Å². The highest BCUT2D eigenvalue weighted by molar-refractivity contribution is 6.00. The number of amides is 2. The van der Waals surface area contributed by atoms with Gasteiger partial charge in [0.05, 0.1) is 11.3 Å². The standard InChI is InChI=1S/C21H20N4O/c1-3-6-17(13-15(2)23)16-9-11-19(12-10-16)24-21(26)25-20-8-5-4-7-18(20)14-22/h3-13H,1,23H2,2H3,(H2,24,25,26)/b15-13-,17-6+. The SMILES string of the molecule is C=C/C=C(\C=C(\C)N)c1ccc(NC(=O)Nc2ccccc2C#N)cc1. The van der Waals surface area contributed by atoms with Gasteiger partial charge < -0.3 is 16.4 Å². The largest absolute Gasteiger partial charge is 0.402 e. The molecule has 0 aromatic heterocycles. The predicted octanol–water partition coefficient (Wildman–Crippen LogP) is 4.63. The van der Waals surface area contributed by atoms with Crippen LogP contribution in [0.4, 0.5) is 16.2 Å². The summed E-state index contributed by atoms with van der Waals surface area (Å²) in [5.41, 5.74) is 9.82. The molecule has 4 N–H and O–H groups in total. The maximum atomic E-state index is 12.1. The number of carbonyl (C=O) groups is 1. The molecule has 2 aromatic carbocycles. The maximum Gasteiger partial charge on any atom is 0.323 e. The van der Waals surface area contributed by atoms with Gasteiger partial charge in [0.15, 0.2) is 0 Å². The van der Waals surface area contributed by atoms with Crippen LogP contribution < -0.4 is 16.4 Å². The monoisotopic (exact) mass is 344 g/mol. The fourth-order valence-electron chi connectivity index (χ4n) is 2.32. The molecule has 2 rings (SSSR count). The van der Waals surface area contributed by atoms with E-state index in [4.69, 9.17) is 11.0 Å². The van der Waals surface area contributed by atoms with Crippen LogP contribution in [0.25, 0.3) is 5.57 Å². The molecule has 0 heterocycles. The molecule has 0 radical (unpaired) electrons. The molecule has 0 saturated carbocycles. The van der Waals surface area contributed by atoms with Crippen molar-refractivity contribution in [3.63, 3.8) is 0 Å². The highest BCUT2D eigenvalue weighted by atomic mass is 16.2. The van der Waals surface area contributed by atoms with Gasteiger partial charge in [-0.3, -0.25) is 0 Å². The molecule has 0 aliphatic rings. The third-order valence-electron chi connectivity index (χ3n) is 3.45. The molecule has 5 nitrogen and oxygen atoms in total. The van der Waals surface area contributed by atoms with Crippen molar-refractivity contribution in [2.75, 3.05) is 10.6 Å². The number of nitrogens with one attached hydrogen (secondary N) is 2. The third kappa shape index (κ3) is 5.11. The molecule has 26 heavy (non-hydrogen) atoms. The van der Waals surface area contributed by atoms with Gasteiger partial charge in [0.2, 0.25) is 0 Å². The van der Waals surface area contributed by atoms with E-state index in [-0.39, 0.29) is 0 Å². The Morgan fingerprint density at radius 1 is 1.15 bits per heavy atom. The fourth-order valence-corrected chi connectivity index (χ4v) is 2.32. The topological polar surface area (TPSA) is 90.9 Å². The number of nitrogens with two attached hydrogens (primary N) is 1. The van der Waals surface area contributed by atoms with Crippen LogP contribution in [0.15, 0.2) is 79.0 Å². The van der Waals surface area contributed by atoms with Crippen LogP contribution in [-0.2, 0) is 0 Å². The number of benzene rings is 2. The lowest BCUT2D eigenvalue weighted by atomic mass is 10.0. The number of carbonyl (C=O) groups excluding carboxylic acids is 1. The summed E-state index contributed by atoms with van der Waals surface area (Å²) in [6, 6.07) is 15.8. The van der Waals surface area contributed by atoms with Gasteiger partial charge in [-0.2, -0.15) is 5.26 Å². The zero-order valence-electron chi connectivity index (χ0n) is 14.5. The van der Waals surface area contributed by atoms with E-state index < -0.39 is 6.03 Å². The maximum absolute atomic E-state index is 12.1. The molecular weight excluding hydrogens is 324 g/mol. The number of nitrogens with zero attached hydrogens (tertiary/aromatic N) is 1. The van der Waals surface area contributed by atoms with Gasteiger partial charge in [-0.05, 0) is 48.4 Å². The molecule has 2 aromatic rings. The minimum Gasteiger partial charge on any atom is -0.402 e. The fraction of sp³-hybridized carbons (Fsp3) is 0.0476. The van der Waals surface area contributed by atoms with E-state index in [2.05, 4.69) is 17.2 Å². The van der Waals surface area contributed by atoms with Gasteiger partial charge in [0.1, 0.15) is 6.07 Å². The van der Waals surface area contributed by atoms with Crippen molar-refractivity contribution in [1.82, 2.24) is 0 Å². The summed E-state index contributed by atoms with van der Waals surface area (Å²) in [7, 11) is 0. The van der Waals surface area contributed by atoms with Crippen LogP contribution in [0, 0.1) is 11.3 Å². The number of urea groups is 1. The van der Waals surface area contributed by atoms with Crippen molar-refractivity contribution in [2.24, 2.45) is 5.73 Å². The molecule has 0 fully saturated rings. The number of anilines is 2. The average Bonchev–Trinajstić information content (AvgIpc) is 2.62. The average molecular weight is 344 g/mol. The Bertz CT molecular complexity index is 898. The Morgan fingerprint density at radius 2 is 1.85 bits per heavy atom. The van der Waals surface area contributed by atoms with Crippen molar-refractivity contribution < 1.29 is 4.79 Å². The Kier molecular flexibility index (Phi) is 6.35. The number of hydrogen-bond donors (Lipinski definition) is 3. The second-order valence-electron chi connectivity index (χ2n) is 5.56. The highest BCUT2D eigenvalue weighted by Crippen LogP contribution is 2.20. The summed E-state index contributed by atoms with van der Waals surface area (Å²) in [6.45, 7) is 5.53. The summed E-state index contributed by atoms with van der Waals surface area (Å²) in [5, 5.41) is 14.5. The highest BCUT2D eigenvalue weighted by Gasteiger charge is 2.07. The second kappa shape index (κ2) is 8.90. The molecule has 0 unspecified atom stereocenters. The van der Waals surface area contributed by atoms with Crippen molar-refractivity contribution in [1.29, 1.82) is 5.26 Å². The lowest BCUT2D eigenvalue weighted by Crippen LogP contribution is -2.19. The summed E-state index contributed by atoms with van der Waals surface area (Å²) in [6.07, 6.45) is 5.42. The molecular formula is C21H20N4O. The number of allylic oxidation sites excluding steroid dienone is 5. The molecule has 0 spiro atoms. The number of rotatable bonds is 5. The Morgan fingerprint density at radius 3 is 2.46 bits per heavy atom. The van der Waals surface area contributed by atoms with Gasteiger partial charge >= 0.3 is 6.03 Å². The van der Waals surface area contributed by atoms with Crippen LogP contribution in [0.3, 0.4) is 0 Å². The first-order valence-electron chi connectivity index (χ1n) is 7.97. The summed E-state index contributed by atoms with van der Waals surface area (Å²) in [5.74, 6) is 0. The first kappa shape index (κ1) is 18.6. The quantitative estimate of drug-likeness (QED) is 0.690. The minimum atomic E-state index is -0.417. The smallest absolute Gasteiger partial charge is 0.323 e. The lowest BCUT2D eigenvalue weighted by molar-refractivity contribution is 0.262. The molecule has 130 valence electrons. The zero-order valence-corrected chi connectivity index (χ0v) is 14.5. The first-order valence-corrected chi connectivity index (χ1v) is 7.97. The Balaban J connectivity index is 2.10. The molecule has 5 heteroatoms. The molecule has 0 aliphatic heterocycles. The molecule has 0 bridgehead atoms. The summed E-state index contributed by atoms with van der Waals surface area (Å²) >= 11 is 0. The Hall–Kier alpha value is -3.78. The van der Waals surface area contributed by atoms with Crippen LogP contribution in [0.5, 0.6) is 0 Å². The van der Waals surface area contributed by atoms with Crippen LogP contribution in [0.1, 0.15) is 18.1 Å². The van der Waals surface area contributed by atoms with Crippen molar-refractivity contribution in [3.8, 4) is 6.07 Å². The zero-order chi connectivity index (χ0) is 18.9. The molecule has 0 aliphatic carbocycles. The van der Waals surface area contributed by atoms with Gasteiger partial charge in [0, 0.05) is 11.4 Å². The van der Waals surface area contributed by atoms with Crippen LogP contribution in [-0.4, -0.2) is 6.03 Å². The third-order valence-corrected chi connectivity index (χ3v) is 3.45. The van der Waals surface area contributed by atoms with Crippen molar-refractivity contribution in [2.45, 2.75) is 6.92 Å². The second-order valence-corrected chi connectivity index (χ2v) is 5.56. The first-order chi connectivity index (χ1) is 12.5. The normalized spacial score (nSPS) is 11.4. The molecule has 2 amide bonds. The molecule has 0 atom stereocenters. The van der Waals surface area contributed by atoms with Crippen LogP contribution in [0.2, 0.25) is 0 Å². The van der Waals surface area contributed by atoms with E-state index in [1.807, 2.05) is 37.3 Å². The summed E-state index contributed by atoms with van der Waals surface area (Å²) in [4.78, 5) is 12.1. The number of hydrogen-bond acceptors (Lipinski definition) is 3. The van der Waals surface area contributed by atoms with Gasteiger partial charge in [-0.15, -0.1) is 0 Å². The summed E-state index contributed by atoms with van der Waals surface area (Å²) < 4.78 is 0. The van der Waals surface area contributed by atoms with E-state index in [1.165, 1.54) is 0 Å². The van der Waals surface area contributed by atoms with Gasteiger partial charge in [0.25, 0.3) is 0 Å². The molecule has 0 saturated heterocycles. The van der Waals surface area contributed by atoms with Crippen LogP contribution >= 0.6 is 0 Å². The van der Waals surface area contributed by atoms with E-state index in [0.29, 0.717) is 22.6 Å². The Labute approximate surface area is 153 Å². The van der Waals surface area contributed by atoms with Gasteiger partial charge in [-0.25, -0.2) is 4.79 Å².